The van der Waals surface area contributed by atoms with Crippen LogP contribution in [0.3, 0.4) is 0 Å². The molecule has 1 aliphatic carbocycles. The quantitative estimate of drug-likeness (QED) is 0.838. The minimum absolute atomic E-state index is 0.0225. The standard InChI is InChI=1S/C13H16BrNO2/c14-9-13(6-3-7-13)15-12(17)8-10-4-1-2-5-11(10)16/h1-2,4-5,16H,3,6-9H2,(H,15,17). The zero-order valence-electron chi connectivity index (χ0n) is 9.58. The van der Waals surface area contributed by atoms with Crippen molar-refractivity contribution in [1.82, 2.24) is 5.32 Å². The summed E-state index contributed by atoms with van der Waals surface area (Å²) in [4.78, 5) is 11.9. The van der Waals surface area contributed by atoms with Crippen LogP contribution in [0.2, 0.25) is 0 Å². The number of amides is 1. The minimum Gasteiger partial charge on any atom is -0.508 e. The number of nitrogens with one attached hydrogen (secondary N) is 1. The number of benzene rings is 1. The number of hydrogen-bond donors (Lipinski definition) is 2. The van der Waals surface area contributed by atoms with Crippen LogP contribution in [0, 0.1) is 0 Å². The lowest BCUT2D eigenvalue weighted by molar-refractivity contribution is -0.123. The van der Waals surface area contributed by atoms with Crippen molar-refractivity contribution < 1.29 is 9.90 Å². The highest BCUT2D eigenvalue weighted by atomic mass is 79.9. The second-order valence-electron chi connectivity index (χ2n) is 4.62. The van der Waals surface area contributed by atoms with E-state index in [0.29, 0.717) is 5.56 Å². The second-order valence-corrected chi connectivity index (χ2v) is 5.18. The first-order chi connectivity index (χ1) is 8.15. The van der Waals surface area contributed by atoms with Crippen LogP contribution in [0.1, 0.15) is 24.8 Å². The van der Waals surface area contributed by atoms with Crippen molar-refractivity contribution in [3.05, 3.63) is 29.8 Å². The first-order valence-corrected chi connectivity index (χ1v) is 6.91. The van der Waals surface area contributed by atoms with Crippen molar-refractivity contribution in [3.8, 4) is 5.75 Å². The van der Waals surface area contributed by atoms with Gasteiger partial charge in [0.25, 0.3) is 0 Å². The number of aromatic hydroxyl groups is 1. The Hall–Kier alpha value is -1.03. The van der Waals surface area contributed by atoms with Gasteiger partial charge in [-0.15, -0.1) is 0 Å². The number of phenols is 1. The highest BCUT2D eigenvalue weighted by molar-refractivity contribution is 9.09. The van der Waals surface area contributed by atoms with Gasteiger partial charge >= 0.3 is 0 Å². The molecule has 0 unspecified atom stereocenters. The predicted molar refractivity (Wildman–Crippen MR) is 70.3 cm³/mol. The van der Waals surface area contributed by atoms with Gasteiger partial charge < -0.3 is 10.4 Å². The number of hydrogen-bond acceptors (Lipinski definition) is 2. The van der Waals surface area contributed by atoms with E-state index >= 15 is 0 Å². The third-order valence-electron chi connectivity index (χ3n) is 3.31. The molecule has 0 bridgehead atoms. The van der Waals surface area contributed by atoms with Crippen LogP contribution in [-0.2, 0) is 11.2 Å². The summed E-state index contributed by atoms with van der Waals surface area (Å²) in [5.74, 6) is 0.162. The number of carbonyl (C=O) groups excluding carboxylic acids is 1. The van der Waals surface area contributed by atoms with Gasteiger partial charge in [-0.1, -0.05) is 34.1 Å². The Morgan fingerprint density at radius 3 is 2.65 bits per heavy atom. The lowest BCUT2D eigenvalue weighted by Gasteiger charge is -2.41. The van der Waals surface area contributed by atoms with Crippen molar-refractivity contribution in [1.29, 1.82) is 0 Å². The van der Waals surface area contributed by atoms with Crippen molar-refractivity contribution in [2.45, 2.75) is 31.2 Å². The fourth-order valence-corrected chi connectivity index (χ4v) is 2.77. The van der Waals surface area contributed by atoms with Crippen molar-refractivity contribution in [2.24, 2.45) is 0 Å². The van der Waals surface area contributed by atoms with Gasteiger partial charge in [0.15, 0.2) is 0 Å². The number of halogens is 1. The number of para-hydroxylation sites is 1. The van der Waals surface area contributed by atoms with Crippen LogP contribution in [0.15, 0.2) is 24.3 Å². The van der Waals surface area contributed by atoms with Gasteiger partial charge in [-0.2, -0.15) is 0 Å². The molecular formula is C13H16BrNO2. The smallest absolute Gasteiger partial charge is 0.225 e. The lowest BCUT2D eigenvalue weighted by Crippen LogP contribution is -2.55. The van der Waals surface area contributed by atoms with Gasteiger partial charge in [-0.05, 0) is 25.3 Å². The average Bonchev–Trinajstić information content (AvgIpc) is 2.27. The van der Waals surface area contributed by atoms with Crippen LogP contribution in [-0.4, -0.2) is 21.9 Å². The molecule has 1 saturated carbocycles. The van der Waals surface area contributed by atoms with E-state index in [0.717, 1.165) is 18.2 Å². The summed E-state index contributed by atoms with van der Waals surface area (Å²) in [6, 6.07) is 6.96. The molecule has 4 heteroatoms. The molecule has 0 spiro atoms. The largest absolute Gasteiger partial charge is 0.508 e. The van der Waals surface area contributed by atoms with Crippen LogP contribution in [0.5, 0.6) is 5.75 Å². The van der Waals surface area contributed by atoms with E-state index < -0.39 is 0 Å². The highest BCUT2D eigenvalue weighted by Crippen LogP contribution is 2.33. The van der Waals surface area contributed by atoms with E-state index in [4.69, 9.17) is 0 Å². The molecular weight excluding hydrogens is 282 g/mol. The van der Waals surface area contributed by atoms with Crippen LogP contribution in [0.25, 0.3) is 0 Å². The number of alkyl halides is 1. The Morgan fingerprint density at radius 1 is 1.41 bits per heavy atom. The fraction of sp³-hybridized carbons (Fsp3) is 0.462. The molecule has 2 rings (SSSR count). The molecule has 17 heavy (non-hydrogen) atoms. The van der Waals surface area contributed by atoms with Crippen molar-refractivity contribution in [3.63, 3.8) is 0 Å². The first-order valence-electron chi connectivity index (χ1n) is 5.79. The number of phenolic OH excluding ortho intramolecular Hbond substituents is 1. The molecule has 0 aromatic heterocycles. The van der Waals surface area contributed by atoms with Crippen molar-refractivity contribution >= 4 is 21.8 Å². The van der Waals surface area contributed by atoms with E-state index in [1.54, 1.807) is 18.2 Å². The Bertz CT molecular complexity index is 410. The van der Waals surface area contributed by atoms with Crippen molar-refractivity contribution in [2.75, 3.05) is 5.33 Å². The highest BCUT2D eigenvalue weighted by Gasteiger charge is 2.37. The van der Waals surface area contributed by atoms with E-state index in [9.17, 15) is 9.90 Å². The lowest BCUT2D eigenvalue weighted by atomic mass is 9.78. The van der Waals surface area contributed by atoms with E-state index in [2.05, 4.69) is 21.2 Å². The van der Waals surface area contributed by atoms with E-state index in [1.165, 1.54) is 6.42 Å². The summed E-state index contributed by atoms with van der Waals surface area (Å²) in [5, 5.41) is 13.5. The molecule has 3 nitrogen and oxygen atoms in total. The third-order valence-corrected chi connectivity index (χ3v) is 4.39. The monoisotopic (exact) mass is 297 g/mol. The normalized spacial score (nSPS) is 17.2. The molecule has 1 aromatic rings. The van der Waals surface area contributed by atoms with Gasteiger partial charge in [0.2, 0.25) is 5.91 Å². The Balaban J connectivity index is 1.96. The zero-order chi connectivity index (χ0) is 12.3. The van der Waals surface area contributed by atoms with Gasteiger partial charge in [0, 0.05) is 16.4 Å². The molecule has 92 valence electrons. The van der Waals surface area contributed by atoms with Crippen LogP contribution in [0.4, 0.5) is 0 Å². The molecule has 1 fully saturated rings. The average molecular weight is 298 g/mol. The maximum Gasteiger partial charge on any atom is 0.225 e. The SMILES string of the molecule is O=C(Cc1ccccc1O)NC1(CBr)CCC1. The number of rotatable bonds is 4. The summed E-state index contributed by atoms with van der Waals surface area (Å²) in [6.45, 7) is 0. The fourth-order valence-electron chi connectivity index (χ4n) is 2.07. The second kappa shape index (κ2) is 5.08. The molecule has 0 saturated heterocycles. The summed E-state index contributed by atoms with van der Waals surface area (Å²) >= 11 is 3.45. The van der Waals surface area contributed by atoms with Crippen LogP contribution >= 0.6 is 15.9 Å². The molecule has 2 N–H and O–H groups in total. The van der Waals surface area contributed by atoms with E-state index in [1.807, 2.05) is 6.07 Å². The molecule has 1 amide bonds. The summed E-state index contributed by atoms with van der Waals surface area (Å²) in [5.41, 5.74) is 0.621. The zero-order valence-corrected chi connectivity index (χ0v) is 11.2. The Kier molecular flexibility index (Phi) is 3.72. The summed E-state index contributed by atoms with van der Waals surface area (Å²) in [7, 11) is 0. The molecule has 1 aliphatic rings. The van der Waals surface area contributed by atoms with Gasteiger partial charge in [0.1, 0.15) is 5.75 Å². The number of carbonyl (C=O) groups is 1. The molecule has 0 atom stereocenters. The van der Waals surface area contributed by atoms with Gasteiger partial charge in [-0.3, -0.25) is 4.79 Å². The Morgan fingerprint density at radius 2 is 2.12 bits per heavy atom. The topological polar surface area (TPSA) is 49.3 Å². The molecule has 0 radical (unpaired) electrons. The molecule has 1 aromatic carbocycles. The minimum atomic E-state index is -0.0541. The third kappa shape index (κ3) is 2.80. The summed E-state index contributed by atoms with van der Waals surface area (Å²) < 4.78 is 0. The maximum absolute atomic E-state index is 11.9. The predicted octanol–water partition coefficient (Wildman–Crippen LogP) is 2.37. The van der Waals surface area contributed by atoms with Crippen LogP contribution < -0.4 is 5.32 Å². The molecule has 0 heterocycles. The maximum atomic E-state index is 11.9. The van der Waals surface area contributed by atoms with E-state index in [-0.39, 0.29) is 23.6 Å². The Labute approximate surface area is 109 Å². The van der Waals surface area contributed by atoms with Gasteiger partial charge in [0.05, 0.1) is 6.42 Å². The molecule has 0 aliphatic heterocycles. The summed E-state index contributed by atoms with van der Waals surface area (Å²) in [6.07, 6.45) is 3.47. The van der Waals surface area contributed by atoms with Gasteiger partial charge in [-0.25, -0.2) is 0 Å². The first kappa shape index (κ1) is 12.4.